The quantitative estimate of drug-likeness (QED) is 0.650. The first kappa shape index (κ1) is 18.9. The van der Waals surface area contributed by atoms with Crippen molar-refractivity contribution < 1.29 is 23.2 Å². The number of carbonyl (C=O) groups excluding carboxylic acids is 1. The van der Waals surface area contributed by atoms with Gasteiger partial charge in [0.25, 0.3) is 5.91 Å². The number of methoxy groups -OCH3 is 2. The Balaban J connectivity index is 1.60. The first-order valence-corrected chi connectivity index (χ1v) is 9.22. The summed E-state index contributed by atoms with van der Waals surface area (Å²) in [5.74, 6) is 1.32. The second-order valence-corrected chi connectivity index (χ2v) is 6.72. The first-order chi connectivity index (χ1) is 14.1. The molecular formula is C21H20FN3O4. The van der Waals surface area contributed by atoms with Crippen LogP contribution in [0.3, 0.4) is 0 Å². The molecule has 1 aliphatic heterocycles. The standard InChI is InChI=1S/C21H20FN3O4/c1-27-16-10-14(11-17(12-16)28-2)21(26)25-9-3-4-18(25)20-23-19(24-29-20)13-5-7-15(22)8-6-13/h5-8,10-12,18H,3-4,9H2,1-2H3/t18-/m0/s1. The van der Waals surface area contributed by atoms with Gasteiger partial charge in [0, 0.05) is 23.7 Å². The summed E-state index contributed by atoms with van der Waals surface area (Å²) in [6.45, 7) is 0.581. The van der Waals surface area contributed by atoms with E-state index >= 15 is 0 Å². The van der Waals surface area contributed by atoms with Crippen molar-refractivity contribution in [3.05, 3.63) is 59.7 Å². The summed E-state index contributed by atoms with van der Waals surface area (Å²) < 4.78 is 29.1. The Hall–Kier alpha value is -3.42. The summed E-state index contributed by atoms with van der Waals surface area (Å²) in [6.07, 6.45) is 1.55. The van der Waals surface area contributed by atoms with Crippen LogP contribution in [0.25, 0.3) is 11.4 Å². The normalized spacial score (nSPS) is 16.1. The largest absolute Gasteiger partial charge is 0.497 e. The van der Waals surface area contributed by atoms with Gasteiger partial charge in [-0.3, -0.25) is 4.79 Å². The number of hydrogen-bond donors (Lipinski definition) is 0. The number of amides is 1. The van der Waals surface area contributed by atoms with E-state index in [1.54, 1.807) is 35.2 Å². The number of likely N-dealkylation sites (tertiary alicyclic amines) is 1. The molecule has 7 nitrogen and oxygen atoms in total. The summed E-state index contributed by atoms with van der Waals surface area (Å²) in [6, 6.07) is 10.6. The van der Waals surface area contributed by atoms with Gasteiger partial charge in [-0.15, -0.1) is 0 Å². The third-order valence-corrected chi connectivity index (χ3v) is 4.94. The number of carbonyl (C=O) groups is 1. The van der Waals surface area contributed by atoms with Gasteiger partial charge in [0.05, 0.1) is 14.2 Å². The van der Waals surface area contributed by atoms with Crippen LogP contribution in [0.15, 0.2) is 47.0 Å². The molecule has 1 amide bonds. The topological polar surface area (TPSA) is 77.7 Å². The molecule has 0 spiro atoms. The molecule has 0 unspecified atom stereocenters. The van der Waals surface area contributed by atoms with Crippen LogP contribution in [0, 0.1) is 5.82 Å². The minimum absolute atomic E-state index is 0.161. The lowest BCUT2D eigenvalue weighted by Crippen LogP contribution is -2.30. The molecule has 1 saturated heterocycles. The van der Waals surface area contributed by atoms with E-state index in [0.717, 1.165) is 12.8 Å². The van der Waals surface area contributed by atoms with Crippen LogP contribution >= 0.6 is 0 Å². The molecule has 150 valence electrons. The van der Waals surface area contributed by atoms with E-state index in [0.29, 0.717) is 40.9 Å². The van der Waals surface area contributed by atoms with Crippen LogP contribution in [0.1, 0.15) is 35.1 Å². The van der Waals surface area contributed by atoms with Gasteiger partial charge in [-0.25, -0.2) is 4.39 Å². The zero-order valence-corrected chi connectivity index (χ0v) is 16.1. The van der Waals surface area contributed by atoms with Gasteiger partial charge in [0.2, 0.25) is 11.7 Å². The van der Waals surface area contributed by atoms with E-state index in [2.05, 4.69) is 10.1 Å². The molecule has 0 saturated carbocycles. The number of ether oxygens (including phenoxy) is 2. The molecule has 0 bridgehead atoms. The predicted molar refractivity (Wildman–Crippen MR) is 102 cm³/mol. The average molecular weight is 397 g/mol. The highest BCUT2D eigenvalue weighted by molar-refractivity contribution is 5.95. The van der Waals surface area contributed by atoms with Crippen LogP contribution in [0.4, 0.5) is 4.39 Å². The Morgan fingerprint density at radius 1 is 1.14 bits per heavy atom. The minimum atomic E-state index is -0.334. The number of nitrogens with zero attached hydrogens (tertiary/aromatic N) is 3. The SMILES string of the molecule is COc1cc(OC)cc(C(=O)N2CCC[C@H]2c2nc(-c3ccc(F)cc3)no2)c1. The first-order valence-electron chi connectivity index (χ1n) is 9.22. The van der Waals surface area contributed by atoms with Gasteiger partial charge >= 0.3 is 0 Å². The molecule has 0 radical (unpaired) electrons. The summed E-state index contributed by atoms with van der Waals surface area (Å²) >= 11 is 0. The summed E-state index contributed by atoms with van der Waals surface area (Å²) in [4.78, 5) is 19.3. The number of rotatable bonds is 5. The monoisotopic (exact) mass is 397 g/mol. The molecule has 1 aliphatic rings. The molecule has 2 aromatic carbocycles. The third kappa shape index (κ3) is 3.78. The zero-order chi connectivity index (χ0) is 20.4. The fraction of sp³-hybridized carbons (Fsp3) is 0.286. The molecule has 0 aliphatic carbocycles. The van der Waals surface area contributed by atoms with Crippen molar-refractivity contribution in [2.75, 3.05) is 20.8 Å². The molecular weight excluding hydrogens is 377 g/mol. The fourth-order valence-corrected chi connectivity index (χ4v) is 3.45. The van der Waals surface area contributed by atoms with Crippen LogP contribution in [0.5, 0.6) is 11.5 Å². The third-order valence-electron chi connectivity index (χ3n) is 4.94. The lowest BCUT2D eigenvalue weighted by Gasteiger charge is -2.22. The predicted octanol–water partition coefficient (Wildman–Crippen LogP) is 3.87. The van der Waals surface area contributed by atoms with Crippen LogP contribution in [-0.2, 0) is 0 Å². The van der Waals surface area contributed by atoms with E-state index in [9.17, 15) is 9.18 Å². The molecule has 29 heavy (non-hydrogen) atoms. The van der Waals surface area contributed by atoms with Crippen molar-refractivity contribution in [3.63, 3.8) is 0 Å². The van der Waals surface area contributed by atoms with Crippen molar-refractivity contribution in [1.29, 1.82) is 0 Å². The van der Waals surface area contributed by atoms with Crippen molar-refractivity contribution in [1.82, 2.24) is 15.0 Å². The van der Waals surface area contributed by atoms with E-state index in [1.165, 1.54) is 26.4 Å². The lowest BCUT2D eigenvalue weighted by molar-refractivity contribution is 0.0709. The van der Waals surface area contributed by atoms with E-state index < -0.39 is 0 Å². The van der Waals surface area contributed by atoms with Gasteiger partial charge in [-0.2, -0.15) is 4.98 Å². The van der Waals surface area contributed by atoms with Gasteiger partial charge in [0.1, 0.15) is 23.4 Å². The van der Waals surface area contributed by atoms with Gasteiger partial charge in [-0.1, -0.05) is 5.16 Å². The Bertz CT molecular complexity index is 997. The molecule has 1 atom stereocenters. The highest BCUT2D eigenvalue weighted by atomic mass is 19.1. The molecule has 4 rings (SSSR count). The number of hydrogen-bond acceptors (Lipinski definition) is 6. The lowest BCUT2D eigenvalue weighted by atomic mass is 10.1. The minimum Gasteiger partial charge on any atom is -0.497 e. The number of benzene rings is 2. The Morgan fingerprint density at radius 2 is 1.83 bits per heavy atom. The van der Waals surface area contributed by atoms with Crippen molar-refractivity contribution in [2.45, 2.75) is 18.9 Å². The van der Waals surface area contributed by atoms with Crippen molar-refractivity contribution >= 4 is 5.91 Å². The summed E-state index contributed by atoms with van der Waals surface area (Å²) in [5, 5.41) is 4.00. The molecule has 1 fully saturated rings. The molecule has 1 aromatic heterocycles. The summed E-state index contributed by atoms with van der Waals surface area (Å²) in [5.41, 5.74) is 1.11. The Morgan fingerprint density at radius 3 is 2.48 bits per heavy atom. The van der Waals surface area contributed by atoms with Gasteiger partial charge in [-0.05, 0) is 49.2 Å². The summed E-state index contributed by atoms with van der Waals surface area (Å²) in [7, 11) is 3.08. The van der Waals surface area contributed by atoms with E-state index in [1.807, 2.05) is 0 Å². The van der Waals surface area contributed by atoms with Crippen molar-refractivity contribution in [2.24, 2.45) is 0 Å². The molecule has 0 N–H and O–H groups in total. The van der Waals surface area contributed by atoms with E-state index in [-0.39, 0.29) is 17.8 Å². The van der Waals surface area contributed by atoms with Crippen LogP contribution < -0.4 is 9.47 Å². The van der Waals surface area contributed by atoms with Crippen LogP contribution in [0.2, 0.25) is 0 Å². The maximum atomic E-state index is 13.2. The number of halogens is 1. The number of aromatic nitrogens is 2. The highest BCUT2D eigenvalue weighted by Crippen LogP contribution is 2.34. The molecule has 8 heteroatoms. The molecule has 2 heterocycles. The second-order valence-electron chi connectivity index (χ2n) is 6.72. The second kappa shape index (κ2) is 7.90. The zero-order valence-electron chi connectivity index (χ0n) is 16.1. The Labute approximate surface area is 167 Å². The molecule has 3 aromatic rings. The van der Waals surface area contributed by atoms with Crippen molar-refractivity contribution in [3.8, 4) is 22.9 Å². The van der Waals surface area contributed by atoms with Gasteiger partial charge < -0.3 is 18.9 Å². The highest BCUT2D eigenvalue weighted by Gasteiger charge is 2.35. The smallest absolute Gasteiger partial charge is 0.254 e. The maximum absolute atomic E-state index is 13.2. The van der Waals surface area contributed by atoms with Gasteiger partial charge in [0.15, 0.2) is 0 Å². The average Bonchev–Trinajstić information content (AvgIpc) is 3.42. The Kier molecular flexibility index (Phi) is 5.16. The van der Waals surface area contributed by atoms with E-state index in [4.69, 9.17) is 14.0 Å². The maximum Gasteiger partial charge on any atom is 0.254 e. The van der Waals surface area contributed by atoms with Crippen LogP contribution in [-0.4, -0.2) is 41.7 Å². The fourth-order valence-electron chi connectivity index (χ4n) is 3.45.